The first kappa shape index (κ1) is 17.9. The Morgan fingerprint density at radius 1 is 1.26 bits per heavy atom. The van der Waals surface area contributed by atoms with Gasteiger partial charge in [-0.15, -0.1) is 0 Å². The largest absolute Gasteiger partial charge is 0.618 e. The van der Waals surface area contributed by atoms with E-state index in [4.69, 9.17) is 4.52 Å². The molecule has 0 bridgehead atoms. The highest BCUT2D eigenvalue weighted by Gasteiger charge is 2.44. The zero-order valence-electron chi connectivity index (χ0n) is 12.8. The van der Waals surface area contributed by atoms with Crippen LogP contribution in [0.4, 0.5) is 18.9 Å². The number of nitro groups is 1. The number of alkyl halides is 3. The molecule has 3 rings (SSSR count). The highest BCUT2D eigenvalue weighted by Crippen LogP contribution is 2.39. The Hall–Kier alpha value is -3.90. The molecule has 0 amide bonds. The summed E-state index contributed by atoms with van der Waals surface area (Å²) in [7, 11) is 0. The second-order valence-corrected chi connectivity index (χ2v) is 5.14. The number of phenolic OH excluding ortho intramolecular Hbond substituents is 2. The fraction of sp³-hybridized carbons (Fsp3) is 0.0714. The van der Waals surface area contributed by atoms with Gasteiger partial charge in [-0.25, -0.2) is 0 Å². The molecule has 2 heterocycles. The molecule has 140 valence electrons. The summed E-state index contributed by atoms with van der Waals surface area (Å²) in [5.41, 5.74) is -3.35. The predicted molar refractivity (Wildman–Crippen MR) is 79.1 cm³/mol. The molecule has 2 aromatic heterocycles. The molecule has 0 saturated heterocycles. The van der Waals surface area contributed by atoms with Crippen LogP contribution < -0.4 is 4.73 Å². The maximum absolute atomic E-state index is 13.1. The van der Waals surface area contributed by atoms with Crippen LogP contribution in [0.2, 0.25) is 0 Å². The number of pyridine rings is 1. The molecule has 3 aromatic rings. The molecule has 0 spiro atoms. The Kier molecular flexibility index (Phi) is 4.06. The lowest BCUT2D eigenvalue weighted by Crippen LogP contribution is -2.37. The molecule has 0 aliphatic heterocycles. The highest BCUT2D eigenvalue weighted by molar-refractivity contribution is 5.69. The third-order valence-corrected chi connectivity index (χ3v) is 3.41. The van der Waals surface area contributed by atoms with Crippen LogP contribution in [0.15, 0.2) is 35.0 Å². The van der Waals surface area contributed by atoms with Crippen LogP contribution in [0.5, 0.6) is 11.5 Å². The fourth-order valence-corrected chi connectivity index (χ4v) is 2.26. The Bertz CT molecular complexity index is 1050. The molecule has 0 unspecified atom stereocenters. The molecule has 2 N–H and O–H groups in total. The van der Waals surface area contributed by atoms with Gasteiger partial charge in [-0.05, 0) is 12.1 Å². The number of aromatic hydroxyl groups is 2. The summed E-state index contributed by atoms with van der Waals surface area (Å²) in [6.07, 6.45) is -4.37. The fourth-order valence-electron chi connectivity index (χ4n) is 2.26. The van der Waals surface area contributed by atoms with Crippen molar-refractivity contribution in [2.75, 3.05) is 0 Å². The summed E-state index contributed by atoms with van der Waals surface area (Å²) in [5.74, 6) is -2.93. The van der Waals surface area contributed by atoms with Crippen LogP contribution >= 0.6 is 0 Å². The van der Waals surface area contributed by atoms with E-state index in [1.54, 1.807) is 0 Å². The number of hydrogen-bond acceptors (Lipinski definition) is 8. The minimum Gasteiger partial charge on any atom is -0.618 e. The molecule has 0 aliphatic carbocycles. The summed E-state index contributed by atoms with van der Waals surface area (Å²) in [6.45, 7) is 0. The minimum atomic E-state index is -5.01. The smallest absolute Gasteiger partial charge is 0.479 e. The monoisotopic (exact) mass is 384 g/mol. The van der Waals surface area contributed by atoms with E-state index in [-0.39, 0.29) is 5.56 Å². The van der Waals surface area contributed by atoms with Gasteiger partial charge in [-0.2, -0.15) is 22.9 Å². The van der Waals surface area contributed by atoms with Crippen LogP contribution in [-0.4, -0.2) is 25.3 Å². The summed E-state index contributed by atoms with van der Waals surface area (Å²) in [6, 6.07) is 3.64. The van der Waals surface area contributed by atoms with E-state index >= 15 is 0 Å². The Balaban J connectivity index is 2.13. The SMILES string of the molecule is O=[N+]([O-])c1cc(-c2noc(-c3ccc[n+]([O-])c3C(F)(F)F)n2)cc(O)c1O. The predicted octanol–water partition coefficient (Wildman–Crippen LogP) is 2.38. The normalized spacial score (nSPS) is 11.5. The molecule has 0 radical (unpaired) electrons. The van der Waals surface area contributed by atoms with Gasteiger partial charge in [0.05, 0.1) is 4.92 Å². The van der Waals surface area contributed by atoms with Crippen molar-refractivity contribution in [3.05, 3.63) is 51.5 Å². The highest BCUT2D eigenvalue weighted by atomic mass is 19.4. The van der Waals surface area contributed by atoms with Crippen LogP contribution in [0.25, 0.3) is 22.8 Å². The minimum absolute atomic E-state index is 0.202. The van der Waals surface area contributed by atoms with E-state index in [1.807, 2.05) is 0 Å². The molecule has 10 nitrogen and oxygen atoms in total. The zero-order valence-corrected chi connectivity index (χ0v) is 12.8. The maximum atomic E-state index is 13.1. The summed E-state index contributed by atoms with van der Waals surface area (Å²) < 4.78 is 43.7. The third-order valence-electron chi connectivity index (χ3n) is 3.41. The molecule has 13 heteroatoms. The van der Waals surface area contributed by atoms with Crippen molar-refractivity contribution in [3.63, 3.8) is 0 Å². The third kappa shape index (κ3) is 3.17. The zero-order chi connectivity index (χ0) is 19.9. The molecular formula is C14H7F3N4O6. The van der Waals surface area contributed by atoms with Crippen LogP contribution in [0.1, 0.15) is 5.69 Å². The summed E-state index contributed by atoms with van der Waals surface area (Å²) >= 11 is 0. The Morgan fingerprint density at radius 3 is 2.59 bits per heavy atom. The summed E-state index contributed by atoms with van der Waals surface area (Å²) in [4.78, 5) is 13.6. The number of phenols is 2. The molecule has 0 saturated carbocycles. The number of nitrogens with zero attached hydrogens (tertiary/aromatic N) is 4. The van der Waals surface area contributed by atoms with Crippen molar-refractivity contribution in [1.82, 2.24) is 10.1 Å². The van der Waals surface area contributed by atoms with Gasteiger partial charge >= 0.3 is 17.6 Å². The van der Waals surface area contributed by atoms with Gasteiger partial charge in [0.25, 0.3) is 5.89 Å². The number of aromatic nitrogens is 3. The van der Waals surface area contributed by atoms with Crippen molar-refractivity contribution in [2.24, 2.45) is 0 Å². The van der Waals surface area contributed by atoms with E-state index in [0.717, 1.165) is 24.3 Å². The Labute approximate surface area is 146 Å². The first-order valence-corrected chi connectivity index (χ1v) is 6.93. The molecule has 1 aromatic carbocycles. The molecule has 0 atom stereocenters. The van der Waals surface area contributed by atoms with Crippen molar-refractivity contribution < 1.29 is 37.6 Å². The molecule has 27 heavy (non-hydrogen) atoms. The standard InChI is InChI=1S/C14H7F3N4O6/c15-14(16,17)11-7(2-1-3-20(11)24)13-18-12(19-27-13)6-4-8(21(25)26)10(23)9(22)5-6/h1-5,22-23H. The number of nitro benzene ring substituents is 1. The quantitative estimate of drug-likeness (QED) is 0.230. The lowest BCUT2D eigenvalue weighted by Gasteiger charge is -2.09. The maximum Gasteiger partial charge on any atom is 0.479 e. The number of halogens is 3. The topological polar surface area (TPSA) is 149 Å². The lowest BCUT2D eigenvalue weighted by atomic mass is 10.1. The van der Waals surface area contributed by atoms with Gasteiger partial charge in [0, 0.05) is 17.7 Å². The molecular weight excluding hydrogens is 377 g/mol. The lowest BCUT2D eigenvalue weighted by molar-refractivity contribution is -0.628. The summed E-state index contributed by atoms with van der Waals surface area (Å²) in [5, 5.41) is 44.8. The average molecular weight is 384 g/mol. The van der Waals surface area contributed by atoms with Crippen LogP contribution in [-0.2, 0) is 6.18 Å². The van der Waals surface area contributed by atoms with E-state index in [2.05, 4.69) is 10.1 Å². The second kappa shape index (κ2) is 6.12. The molecule has 0 aliphatic rings. The van der Waals surface area contributed by atoms with Gasteiger partial charge in [0.2, 0.25) is 11.6 Å². The number of hydrogen-bond donors (Lipinski definition) is 2. The van der Waals surface area contributed by atoms with Gasteiger partial charge < -0.3 is 19.9 Å². The first-order valence-electron chi connectivity index (χ1n) is 6.93. The second-order valence-electron chi connectivity index (χ2n) is 5.14. The van der Waals surface area contributed by atoms with Gasteiger partial charge in [0.1, 0.15) is 5.56 Å². The van der Waals surface area contributed by atoms with Crippen LogP contribution in [0.3, 0.4) is 0 Å². The van der Waals surface area contributed by atoms with Crippen molar-refractivity contribution in [2.45, 2.75) is 6.18 Å². The van der Waals surface area contributed by atoms with E-state index in [1.165, 1.54) is 0 Å². The van der Waals surface area contributed by atoms with Crippen molar-refractivity contribution >= 4 is 5.69 Å². The number of benzene rings is 1. The van der Waals surface area contributed by atoms with Gasteiger partial charge in [-0.3, -0.25) is 10.1 Å². The van der Waals surface area contributed by atoms with Gasteiger partial charge in [-0.1, -0.05) is 5.16 Å². The van der Waals surface area contributed by atoms with Crippen LogP contribution in [0, 0.1) is 15.3 Å². The van der Waals surface area contributed by atoms with Gasteiger partial charge in [0.15, 0.2) is 11.9 Å². The van der Waals surface area contributed by atoms with E-state index in [0.29, 0.717) is 6.20 Å². The first-order chi connectivity index (χ1) is 12.6. The van der Waals surface area contributed by atoms with E-state index < -0.39 is 56.0 Å². The Morgan fingerprint density at radius 2 is 1.96 bits per heavy atom. The van der Waals surface area contributed by atoms with E-state index in [9.17, 15) is 38.7 Å². The molecule has 0 fully saturated rings. The van der Waals surface area contributed by atoms with Crippen molar-refractivity contribution in [3.8, 4) is 34.3 Å². The number of rotatable bonds is 3. The average Bonchev–Trinajstić information content (AvgIpc) is 3.05. The van der Waals surface area contributed by atoms with Crippen molar-refractivity contribution in [1.29, 1.82) is 0 Å².